The number of aromatic nitrogens is 12. The number of rotatable bonds is 14. The smallest absolute Gasteiger partial charge is 0.164 e. The van der Waals surface area contributed by atoms with Crippen LogP contribution in [0.2, 0.25) is 0 Å². The Labute approximate surface area is 686 Å². The largest absolute Gasteiger partial charge is 0.241 e. The van der Waals surface area contributed by atoms with Crippen LogP contribution >= 0.6 is 22.7 Å². The average Bonchev–Trinajstić information content (AvgIpc) is 1.60. The minimum atomic E-state index is 0.614. The van der Waals surface area contributed by atoms with Crippen molar-refractivity contribution >= 4 is 85.5 Å². The second-order valence-electron chi connectivity index (χ2n) is 28.8. The van der Waals surface area contributed by atoms with Gasteiger partial charge in [-0.3, -0.25) is 0 Å². The van der Waals surface area contributed by atoms with Crippen molar-refractivity contribution in [3.8, 4) is 157 Å². The third-order valence-electron chi connectivity index (χ3n) is 21.3. The lowest BCUT2D eigenvalue weighted by Gasteiger charge is -2.11. The Balaban J connectivity index is 0.000000147. The predicted octanol–water partition coefficient (Wildman–Crippen LogP) is 26.5. The molecule has 0 atom stereocenters. The molecule has 0 saturated heterocycles. The summed E-state index contributed by atoms with van der Waals surface area (Å²) in [5, 5.41) is 11.5. The molecule has 0 spiro atoms. The van der Waals surface area contributed by atoms with Crippen molar-refractivity contribution in [1.82, 2.24) is 60.0 Å². The molecule has 0 saturated carbocycles. The topological polar surface area (TPSA) is 155 Å². The van der Waals surface area contributed by atoms with Crippen LogP contribution in [0.25, 0.3) is 220 Å². The molecule has 0 aliphatic heterocycles. The number of thiophene rings is 2. The molecule has 22 rings (SSSR count). The summed E-state index contributed by atoms with van der Waals surface area (Å²) in [7, 11) is 0. The highest BCUT2D eigenvalue weighted by atomic mass is 32.1. The number of hydrogen-bond donors (Lipinski definition) is 0. The van der Waals surface area contributed by atoms with E-state index in [0.717, 1.165) is 170 Å². The number of para-hydroxylation sites is 2. The summed E-state index contributed by atoms with van der Waals surface area (Å²) in [5.41, 5.74) is 28.4. The molecule has 0 N–H and O–H groups in total. The first kappa shape index (κ1) is 70.4. The van der Waals surface area contributed by atoms with Gasteiger partial charge in [-0.2, -0.15) is 0 Å². The molecule has 22 aromatic rings. The van der Waals surface area contributed by atoms with Gasteiger partial charge < -0.3 is 0 Å². The van der Waals surface area contributed by atoms with E-state index in [1.165, 1.54) is 15.0 Å². The van der Waals surface area contributed by atoms with Gasteiger partial charge in [0.25, 0.3) is 0 Å². The van der Waals surface area contributed by atoms with Crippen molar-refractivity contribution in [2.75, 3.05) is 0 Å². The highest BCUT2D eigenvalue weighted by Crippen LogP contribution is 2.43. The summed E-state index contributed by atoms with van der Waals surface area (Å²) >= 11 is 3.36. The zero-order chi connectivity index (χ0) is 78.2. The van der Waals surface area contributed by atoms with Crippen LogP contribution in [0.3, 0.4) is 0 Å². The normalized spacial score (nSPS) is 11.4. The van der Waals surface area contributed by atoms with E-state index < -0.39 is 0 Å². The number of fused-ring (bicyclic) bond motifs is 9. The molecule has 7 heterocycles. The van der Waals surface area contributed by atoms with Crippen LogP contribution in [0.4, 0.5) is 0 Å². The molecule has 0 aliphatic carbocycles. The van der Waals surface area contributed by atoms with E-state index in [9.17, 15) is 0 Å². The summed E-state index contributed by atoms with van der Waals surface area (Å²) in [4.78, 5) is 50.2. The monoisotopic (exact) mass is 1540 g/mol. The van der Waals surface area contributed by atoms with Gasteiger partial charge in [-0.1, -0.05) is 315 Å². The first-order valence-electron chi connectivity index (χ1n) is 38.9. The zero-order valence-corrected chi connectivity index (χ0v) is 64.8. The SMILES string of the molecule is c1ccc(-c2ccc(-c3nc(-c4ccccc4)nc(-c4cccc(-c5cccc(-c6cccc(-c7ccc8sc9c%10ccccc%10nnc9c8c7)c6)c5)c4)n3)cc2)cc1.c1ccc(-c2ccc(-c3nc(-c4ccccc4)nc(-c4cccc(-c5cccc(-c6cccc(-c7ncnc8c7sc7nc9ccccc9nc78)c6)c5)c4)n3)cc2)cc1. The molecule has 14 heteroatoms. The summed E-state index contributed by atoms with van der Waals surface area (Å²) < 4.78 is 3.36. The van der Waals surface area contributed by atoms with Crippen LogP contribution in [0.1, 0.15) is 0 Å². The highest BCUT2D eigenvalue weighted by Gasteiger charge is 2.21. The van der Waals surface area contributed by atoms with Gasteiger partial charge in [0.15, 0.2) is 34.9 Å². The van der Waals surface area contributed by atoms with E-state index in [2.05, 4.69) is 288 Å². The average molecular weight is 1550 g/mol. The molecule has 0 radical (unpaired) electrons. The predicted molar refractivity (Wildman–Crippen MR) is 483 cm³/mol. The van der Waals surface area contributed by atoms with E-state index in [-0.39, 0.29) is 0 Å². The van der Waals surface area contributed by atoms with Crippen LogP contribution in [0.5, 0.6) is 0 Å². The van der Waals surface area contributed by atoms with Crippen molar-refractivity contribution in [2.45, 2.75) is 0 Å². The Morgan fingerprint density at radius 3 is 0.958 bits per heavy atom. The van der Waals surface area contributed by atoms with E-state index in [0.29, 0.717) is 34.9 Å². The third-order valence-corrected chi connectivity index (χ3v) is 23.6. The van der Waals surface area contributed by atoms with E-state index >= 15 is 0 Å². The van der Waals surface area contributed by atoms with E-state index in [1.807, 2.05) is 109 Å². The molecule has 552 valence electrons. The Morgan fingerprint density at radius 2 is 0.500 bits per heavy atom. The second-order valence-corrected chi connectivity index (χ2v) is 30.8. The van der Waals surface area contributed by atoms with Crippen molar-refractivity contribution in [3.05, 3.63) is 389 Å². The maximum atomic E-state index is 5.06. The maximum absolute atomic E-state index is 5.06. The fourth-order valence-electron chi connectivity index (χ4n) is 15.3. The summed E-state index contributed by atoms with van der Waals surface area (Å²) in [5.74, 6) is 3.76. The molecule has 7 aromatic heterocycles. The molecule has 0 unspecified atom stereocenters. The first-order valence-corrected chi connectivity index (χ1v) is 40.5. The lowest BCUT2D eigenvalue weighted by molar-refractivity contribution is 1.07. The number of hydrogen-bond acceptors (Lipinski definition) is 14. The summed E-state index contributed by atoms with van der Waals surface area (Å²) in [6, 6.07) is 132. The fraction of sp³-hybridized carbons (Fsp3) is 0. The summed E-state index contributed by atoms with van der Waals surface area (Å²) in [6.07, 6.45) is 1.63. The van der Waals surface area contributed by atoms with Gasteiger partial charge >= 0.3 is 0 Å². The maximum Gasteiger partial charge on any atom is 0.164 e. The Kier molecular flexibility index (Phi) is 18.4. The van der Waals surface area contributed by atoms with E-state index in [1.54, 1.807) is 29.0 Å². The van der Waals surface area contributed by atoms with Crippen LogP contribution in [0, 0.1) is 0 Å². The van der Waals surface area contributed by atoms with Crippen molar-refractivity contribution in [1.29, 1.82) is 0 Å². The highest BCUT2D eigenvalue weighted by molar-refractivity contribution is 7.26. The zero-order valence-electron chi connectivity index (χ0n) is 63.1. The van der Waals surface area contributed by atoms with Gasteiger partial charge in [0.2, 0.25) is 0 Å². The van der Waals surface area contributed by atoms with Crippen LogP contribution in [-0.4, -0.2) is 60.0 Å². The number of nitrogens with zero attached hydrogens (tertiary/aromatic N) is 12. The molecular formula is C104H64N12S2. The van der Waals surface area contributed by atoms with Crippen LogP contribution in [-0.2, 0) is 0 Å². The fourth-order valence-corrected chi connectivity index (χ4v) is 17.5. The summed E-state index contributed by atoms with van der Waals surface area (Å²) in [6.45, 7) is 0. The Morgan fingerprint density at radius 1 is 0.178 bits per heavy atom. The third kappa shape index (κ3) is 14.0. The van der Waals surface area contributed by atoms with Crippen LogP contribution in [0.15, 0.2) is 389 Å². The van der Waals surface area contributed by atoms with Crippen molar-refractivity contribution in [2.24, 2.45) is 0 Å². The van der Waals surface area contributed by atoms with Gasteiger partial charge in [0.1, 0.15) is 27.7 Å². The minimum Gasteiger partial charge on any atom is -0.241 e. The van der Waals surface area contributed by atoms with Gasteiger partial charge in [-0.25, -0.2) is 49.8 Å². The molecule has 0 aliphatic rings. The Bertz CT molecular complexity index is 7550. The molecule has 15 aromatic carbocycles. The van der Waals surface area contributed by atoms with Crippen molar-refractivity contribution in [3.63, 3.8) is 0 Å². The lowest BCUT2D eigenvalue weighted by atomic mass is 9.95. The van der Waals surface area contributed by atoms with Gasteiger partial charge in [-0.05, 0) is 145 Å². The lowest BCUT2D eigenvalue weighted by Crippen LogP contribution is -2.00. The Hall–Kier alpha value is -15.5. The minimum absolute atomic E-state index is 0.614. The number of benzene rings is 15. The molecule has 12 nitrogen and oxygen atoms in total. The first-order chi connectivity index (χ1) is 58.4. The molecule has 0 bridgehead atoms. The van der Waals surface area contributed by atoms with E-state index in [4.69, 9.17) is 44.9 Å². The second kappa shape index (κ2) is 30.8. The quantitative estimate of drug-likeness (QED) is 0.102. The van der Waals surface area contributed by atoms with Gasteiger partial charge in [0.05, 0.1) is 31.6 Å². The van der Waals surface area contributed by atoms with Gasteiger partial charge in [-0.15, -0.1) is 32.9 Å². The molecular weight excluding hydrogens is 1480 g/mol. The molecule has 118 heavy (non-hydrogen) atoms. The van der Waals surface area contributed by atoms with Gasteiger partial charge in [0, 0.05) is 54.4 Å². The van der Waals surface area contributed by atoms with Crippen LogP contribution < -0.4 is 0 Å². The van der Waals surface area contributed by atoms with Crippen molar-refractivity contribution < 1.29 is 0 Å². The molecule has 0 amide bonds. The molecule has 0 fully saturated rings. The standard InChI is InChI=1S/C53H33N5S.C51H31N7S/c1-3-12-34(13-4-1)35-24-26-37(27-25-35)52-54-51(36-14-5-2-6-15-36)55-53(56-52)44-21-11-20-42(32-44)40-18-9-16-38(30-40)39-17-10-19-41(31-39)43-28-29-48-46(33-43)49-50(59-48)45-22-7-8-23-47(45)57-58-49;1-3-12-32(13-4-1)33-24-26-35(27-25-33)49-56-48(34-14-5-2-6-15-34)57-50(58-49)41-21-11-19-39(30-41)37-17-9-16-36(28-37)38-18-10-20-40(29-38)44-47-45(53-31-52-44)46-51(59-47)55-43-23-8-7-22-42(43)54-46/h1-33H;1-31H.